The molecule has 0 saturated carbocycles. The normalized spacial score (nSPS) is 15.5. The summed E-state index contributed by atoms with van der Waals surface area (Å²) in [4.78, 5) is 27.3. The number of rotatable bonds is 6. The predicted octanol–water partition coefficient (Wildman–Crippen LogP) is 3.43. The fourth-order valence-corrected chi connectivity index (χ4v) is 3.65. The van der Waals surface area contributed by atoms with Crippen LogP contribution in [0.25, 0.3) is 0 Å². The van der Waals surface area contributed by atoms with Crippen molar-refractivity contribution in [2.75, 3.05) is 27.3 Å². The van der Waals surface area contributed by atoms with Crippen LogP contribution in [0.15, 0.2) is 48.5 Å². The van der Waals surface area contributed by atoms with E-state index in [0.29, 0.717) is 43.0 Å². The first-order valence-corrected chi connectivity index (χ1v) is 9.90. The van der Waals surface area contributed by atoms with E-state index in [-0.39, 0.29) is 23.8 Å². The van der Waals surface area contributed by atoms with Crippen LogP contribution in [0.2, 0.25) is 0 Å². The van der Waals surface area contributed by atoms with E-state index in [1.165, 1.54) is 0 Å². The predicted molar refractivity (Wildman–Crippen MR) is 111 cm³/mol. The Kier molecular flexibility index (Phi) is 6.75. The van der Waals surface area contributed by atoms with E-state index < -0.39 is 0 Å². The third kappa shape index (κ3) is 4.88. The Bertz CT molecular complexity index is 845. The van der Waals surface area contributed by atoms with Crippen molar-refractivity contribution >= 4 is 11.8 Å². The minimum absolute atomic E-state index is 0.0323. The molecule has 2 aromatic rings. The molecule has 0 aromatic heterocycles. The average Bonchev–Trinajstić information content (AvgIpc) is 2.78. The van der Waals surface area contributed by atoms with Crippen LogP contribution in [0.4, 0.5) is 0 Å². The van der Waals surface area contributed by atoms with Crippen LogP contribution in [0.1, 0.15) is 41.7 Å². The first-order valence-electron chi connectivity index (χ1n) is 9.90. The van der Waals surface area contributed by atoms with Gasteiger partial charge in [0.05, 0.1) is 20.3 Å². The number of carbonyl (C=O) groups excluding carboxylic acids is 2. The molecule has 6 nitrogen and oxygen atoms in total. The number of benzene rings is 2. The number of nitrogens with zero attached hydrogens (tertiary/aromatic N) is 1. The molecule has 1 N–H and O–H groups in total. The molecule has 2 aromatic carbocycles. The zero-order valence-corrected chi connectivity index (χ0v) is 17.2. The third-order valence-electron chi connectivity index (χ3n) is 5.44. The van der Waals surface area contributed by atoms with Crippen LogP contribution < -0.4 is 14.8 Å². The molecule has 1 aliphatic rings. The van der Waals surface area contributed by atoms with Crippen LogP contribution in [0.5, 0.6) is 11.5 Å². The van der Waals surface area contributed by atoms with Crippen molar-refractivity contribution < 1.29 is 19.1 Å². The van der Waals surface area contributed by atoms with Crippen molar-refractivity contribution in [1.82, 2.24) is 10.2 Å². The summed E-state index contributed by atoms with van der Waals surface area (Å²) in [6, 6.07) is 15.1. The lowest BCUT2D eigenvalue weighted by Gasteiger charge is -2.32. The zero-order valence-electron chi connectivity index (χ0n) is 17.2. The number of carbonyl (C=O) groups is 2. The maximum Gasteiger partial charge on any atom is 0.253 e. The Balaban J connectivity index is 1.56. The summed E-state index contributed by atoms with van der Waals surface area (Å²) >= 11 is 0. The van der Waals surface area contributed by atoms with Gasteiger partial charge in [0.1, 0.15) is 0 Å². The lowest BCUT2D eigenvalue weighted by molar-refractivity contribution is -0.126. The summed E-state index contributed by atoms with van der Waals surface area (Å²) in [6.45, 7) is 3.11. The van der Waals surface area contributed by atoms with Gasteiger partial charge in [0.25, 0.3) is 5.91 Å². The molecule has 2 amide bonds. The van der Waals surface area contributed by atoms with Crippen LogP contribution in [0.3, 0.4) is 0 Å². The summed E-state index contributed by atoms with van der Waals surface area (Å²) in [5, 5.41) is 3.10. The first kappa shape index (κ1) is 20.7. The van der Waals surface area contributed by atoms with Crippen molar-refractivity contribution in [2.24, 2.45) is 5.92 Å². The number of piperidine rings is 1. The molecule has 1 aliphatic heterocycles. The first-order chi connectivity index (χ1) is 14.0. The quantitative estimate of drug-likeness (QED) is 0.812. The maximum absolute atomic E-state index is 12.8. The molecule has 1 heterocycles. The monoisotopic (exact) mass is 396 g/mol. The van der Waals surface area contributed by atoms with Gasteiger partial charge in [-0.3, -0.25) is 9.59 Å². The van der Waals surface area contributed by atoms with Gasteiger partial charge in [0, 0.05) is 24.6 Å². The highest BCUT2D eigenvalue weighted by Gasteiger charge is 2.29. The summed E-state index contributed by atoms with van der Waals surface area (Å²) in [6.07, 6.45) is 1.32. The minimum Gasteiger partial charge on any atom is -0.493 e. The van der Waals surface area contributed by atoms with Crippen molar-refractivity contribution in [3.05, 3.63) is 59.7 Å². The van der Waals surface area contributed by atoms with Crippen LogP contribution in [-0.4, -0.2) is 44.0 Å². The van der Waals surface area contributed by atoms with Crippen LogP contribution in [0, 0.1) is 5.92 Å². The number of ether oxygens (including phenoxy) is 2. The number of methoxy groups -OCH3 is 2. The van der Waals surface area contributed by atoms with Gasteiger partial charge in [-0.1, -0.05) is 30.3 Å². The summed E-state index contributed by atoms with van der Waals surface area (Å²) in [7, 11) is 3.11. The second kappa shape index (κ2) is 9.45. The molecule has 1 fully saturated rings. The van der Waals surface area contributed by atoms with Crippen molar-refractivity contribution in [1.29, 1.82) is 0 Å². The molecular formula is C23H28N2O4. The average molecular weight is 396 g/mol. The lowest BCUT2D eigenvalue weighted by atomic mass is 9.94. The molecule has 154 valence electrons. The highest BCUT2D eigenvalue weighted by atomic mass is 16.5. The Morgan fingerprint density at radius 1 is 1.00 bits per heavy atom. The van der Waals surface area contributed by atoms with E-state index in [4.69, 9.17) is 9.47 Å². The fraction of sp³-hybridized carbons (Fsp3) is 0.391. The van der Waals surface area contributed by atoms with Gasteiger partial charge in [0.2, 0.25) is 5.91 Å². The van der Waals surface area contributed by atoms with E-state index in [0.717, 1.165) is 5.56 Å². The smallest absolute Gasteiger partial charge is 0.253 e. The lowest BCUT2D eigenvalue weighted by Crippen LogP contribution is -2.43. The molecule has 29 heavy (non-hydrogen) atoms. The number of amides is 2. The molecule has 0 unspecified atom stereocenters. The van der Waals surface area contributed by atoms with E-state index >= 15 is 0 Å². The summed E-state index contributed by atoms with van der Waals surface area (Å²) in [5.74, 6) is 1.05. The molecule has 0 bridgehead atoms. The van der Waals surface area contributed by atoms with Gasteiger partial charge < -0.3 is 19.7 Å². The number of likely N-dealkylation sites (tertiary alicyclic amines) is 1. The minimum atomic E-state index is -0.0735. The van der Waals surface area contributed by atoms with E-state index in [1.807, 2.05) is 37.3 Å². The van der Waals surface area contributed by atoms with Gasteiger partial charge in [-0.15, -0.1) is 0 Å². The largest absolute Gasteiger partial charge is 0.493 e. The Hall–Kier alpha value is -3.02. The second-order valence-corrected chi connectivity index (χ2v) is 7.28. The van der Waals surface area contributed by atoms with Crippen LogP contribution in [-0.2, 0) is 4.79 Å². The number of hydrogen-bond donors (Lipinski definition) is 1. The molecule has 6 heteroatoms. The fourth-order valence-electron chi connectivity index (χ4n) is 3.65. The van der Waals surface area contributed by atoms with Crippen molar-refractivity contribution in [3.63, 3.8) is 0 Å². The van der Waals surface area contributed by atoms with E-state index in [9.17, 15) is 9.59 Å². The number of nitrogens with one attached hydrogen (secondary N) is 1. The van der Waals surface area contributed by atoms with Gasteiger partial charge >= 0.3 is 0 Å². The summed E-state index contributed by atoms with van der Waals surface area (Å²) < 4.78 is 10.5. The maximum atomic E-state index is 12.8. The zero-order chi connectivity index (χ0) is 20.8. The Morgan fingerprint density at radius 3 is 2.28 bits per heavy atom. The van der Waals surface area contributed by atoms with E-state index in [1.54, 1.807) is 37.3 Å². The topological polar surface area (TPSA) is 67.9 Å². The van der Waals surface area contributed by atoms with Gasteiger partial charge in [0.15, 0.2) is 11.5 Å². The molecule has 3 rings (SSSR count). The molecule has 0 radical (unpaired) electrons. The number of hydrogen-bond acceptors (Lipinski definition) is 4. The molecule has 0 aliphatic carbocycles. The summed E-state index contributed by atoms with van der Waals surface area (Å²) in [5.41, 5.74) is 1.64. The Morgan fingerprint density at radius 2 is 1.66 bits per heavy atom. The van der Waals surface area contributed by atoms with Crippen molar-refractivity contribution in [3.8, 4) is 11.5 Å². The highest BCUT2D eigenvalue weighted by Crippen LogP contribution is 2.29. The molecule has 1 atom stereocenters. The van der Waals surface area contributed by atoms with Crippen LogP contribution >= 0.6 is 0 Å². The van der Waals surface area contributed by atoms with Gasteiger partial charge in [-0.2, -0.15) is 0 Å². The molecule has 1 saturated heterocycles. The SMILES string of the molecule is COc1ccc(C(=O)N2CCC(C(=O)N[C@H](C)c3ccccc3)CC2)cc1OC. The molecule has 0 spiro atoms. The highest BCUT2D eigenvalue weighted by molar-refractivity contribution is 5.95. The van der Waals surface area contributed by atoms with Crippen molar-refractivity contribution in [2.45, 2.75) is 25.8 Å². The Labute approximate surface area is 171 Å². The van der Waals surface area contributed by atoms with Gasteiger partial charge in [-0.05, 0) is 43.5 Å². The van der Waals surface area contributed by atoms with Gasteiger partial charge in [-0.25, -0.2) is 0 Å². The standard InChI is InChI=1S/C23H28N2O4/c1-16(17-7-5-4-6-8-17)24-22(26)18-11-13-25(14-12-18)23(27)19-9-10-20(28-2)21(15-19)29-3/h4-10,15-16,18H,11-14H2,1-3H3,(H,24,26)/t16-/m1/s1. The second-order valence-electron chi connectivity index (χ2n) is 7.28. The third-order valence-corrected chi connectivity index (χ3v) is 5.44. The van der Waals surface area contributed by atoms with E-state index in [2.05, 4.69) is 5.32 Å². The molecular weight excluding hydrogens is 368 g/mol.